The van der Waals surface area contributed by atoms with Gasteiger partial charge in [0.25, 0.3) is 11.5 Å². The third-order valence-corrected chi connectivity index (χ3v) is 2.26. The highest BCUT2D eigenvalue weighted by Crippen LogP contribution is 1.90. The van der Waals surface area contributed by atoms with Crippen molar-refractivity contribution in [2.24, 2.45) is 5.92 Å². The molecule has 0 spiro atoms. The van der Waals surface area contributed by atoms with Crippen LogP contribution in [0, 0.1) is 5.92 Å². The normalized spacial score (nSPS) is 10.3. The Labute approximate surface area is 110 Å². The predicted molar refractivity (Wildman–Crippen MR) is 69.7 cm³/mol. The molecule has 1 aromatic heterocycles. The molecule has 0 aliphatic heterocycles. The number of carbonyl (C=O) groups excluding carboxylic acids is 2. The second-order valence-corrected chi connectivity index (χ2v) is 4.51. The summed E-state index contributed by atoms with van der Waals surface area (Å²) in [5, 5.41) is 11.1. The van der Waals surface area contributed by atoms with Crippen LogP contribution in [0.5, 0.6) is 0 Å². The zero-order chi connectivity index (χ0) is 14.3. The van der Waals surface area contributed by atoms with E-state index in [0.717, 1.165) is 0 Å². The maximum Gasteiger partial charge on any atom is 0.271 e. The van der Waals surface area contributed by atoms with Gasteiger partial charge in [0.05, 0.1) is 0 Å². The Balaban J connectivity index is 2.29. The van der Waals surface area contributed by atoms with Crippen molar-refractivity contribution in [3.05, 3.63) is 28.2 Å². The molecule has 0 saturated carbocycles. The minimum atomic E-state index is -0.423. The zero-order valence-corrected chi connectivity index (χ0v) is 11.0. The van der Waals surface area contributed by atoms with Crippen LogP contribution in [-0.4, -0.2) is 35.1 Å². The first-order valence-electron chi connectivity index (χ1n) is 6.09. The molecule has 0 saturated heterocycles. The quantitative estimate of drug-likeness (QED) is 0.655. The van der Waals surface area contributed by atoms with Crippen LogP contribution in [0.2, 0.25) is 0 Å². The molecule has 0 aliphatic carbocycles. The number of hydrogen-bond acceptors (Lipinski definition) is 4. The van der Waals surface area contributed by atoms with Crippen molar-refractivity contribution in [3.63, 3.8) is 0 Å². The fourth-order valence-electron chi connectivity index (χ4n) is 1.26. The van der Waals surface area contributed by atoms with Gasteiger partial charge >= 0.3 is 0 Å². The van der Waals surface area contributed by atoms with Crippen molar-refractivity contribution >= 4 is 11.8 Å². The van der Waals surface area contributed by atoms with Crippen LogP contribution in [0.15, 0.2) is 16.9 Å². The lowest BCUT2D eigenvalue weighted by molar-refractivity contribution is -0.121. The molecular formula is C12H18N4O3. The SMILES string of the molecule is CC(C)CNC(=O)CCNC(=O)c1ccc(=O)[nH]n1. The summed E-state index contributed by atoms with van der Waals surface area (Å²) in [6, 6.07) is 2.55. The van der Waals surface area contributed by atoms with Gasteiger partial charge in [0, 0.05) is 25.6 Å². The fraction of sp³-hybridized carbons (Fsp3) is 0.500. The molecule has 0 atom stereocenters. The highest BCUT2D eigenvalue weighted by molar-refractivity contribution is 5.92. The Morgan fingerprint density at radius 1 is 1.32 bits per heavy atom. The maximum absolute atomic E-state index is 11.6. The number of nitrogens with zero attached hydrogens (tertiary/aromatic N) is 1. The minimum absolute atomic E-state index is 0.108. The van der Waals surface area contributed by atoms with Gasteiger partial charge in [-0.2, -0.15) is 5.10 Å². The highest BCUT2D eigenvalue weighted by Gasteiger charge is 2.08. The topological polar surface area (TPSA) is 104 Å². The molecule has 0 aliphatic rings. The molecular weight excluding hydrogens is 248 g/mol. The lowest BCUT2D eigenvalue weighted by Gasteiger charge is -2.08. The molecule has 3 N–H and O–H groups in total. The number of carbonyl (C=O) groups is 2. The fourth-order valence-corrected chi connectivity index (χ4v) is 1.26. The van der Waals surface area contributed by atoms with Crippen LogP contribution >= 0.6 is 0 Å². The van der Waals surface area contributed by atoms with Crippen LogP contribution in [-0.2, 0) is 4.79 Å². The van der Waals surface area contributed by atoms with Gasteiger partial charge in [-0.1, -0.05) is 13.8 Å². The van der Waals surface area contributed by atoms with E-state index in [1.165, 1.54) is 12.1 Å². The van der Waals surface area contributed by atoms with Crippen LogP contribution in [0.25, 0.3) is 0 Å². The van der Waals surface area contributed by atoms with E-state index in [9.17, 15) is 14.4 Å². The van der Waals surface area contributed by atoms with Gasteiger partial charge in [-0.05, 0) is 12.0 Å². The molecule has 0 unspecified atom stereocenters. The molecule has 7 heteroatoms. The second kappa shape index (κ2) is 7.30. The van der Waals surface area contributed by atoms with Crippen molar-refractivity contribution in [3.8, 4) is 0 Å². The highest BCUT2D eigenvalue weighted by atomic mass is 16.2. The van der Waals surface area contributed by atoms with E-state index in [4.69, 9.17) is 0 Å². The molecule has 0 fully saturated rings. The number of H-pyrrole nitrogens is 1. The first kappa shape index (κ1) is 14.9. The number of rotatable bonds is 6. The standard InChI is InChI=1S/C12H18N4O3/c1-8(2)7-14-10(17)5-6-13-12(19)9-3-4-11(18)16-15-9/h3-4,8H,5-7H2,1-2H3,(H,13,19)(H,14,17)(H,16,18). The van der Waals surface area contributed by atoms with E-state index in [-0.39, 0.29) is 30.1 Å². The summed E-state index contributed by atoms with van der Waals surface area (Å²) in [6.45, 7) is 4.85. The number of amides is 2. The summed E-state index contributed by atoms with van der Waals surface area (Å²) in [6.07, 6.45) is 0.210. The van der Waals surface area contributed by atoms with Crippen molar-refractivity contribution < 1.29 is 9.59 Å². The van der Waals surface area contributed by atoms with Crippen molar-refractivity contribution in [1.29, 1.82) is 0 Å². The number of hydrogen-bond donors (Lipinski definition) is 3. The van der Waals surface area contributed by atoms with E-state index in [1.807, 2.05) is 13.8 Å². The van der Waals surface area contributed by atoms with Gasteiger partial charge in [-0.15, -0.1) is 0 Å². The molecule has 1 rings (SSSR count). The summed E-state index contributed by atoms with van der Waals surface area (Å²) >= 11 is 0. The Morgan fingerprint density at radius 2 is 2.05 bits per heavy atom. The molecule has 1 aromatic rings. The third kappa shape index (κ3) is 5.80. The van der Waals surface area contributed by atoms with Crippen molar-refractivity contribution in [2.75, 3.05) is 13.1 Å². The molecule has 0 aromatic carbocycles. The molecule has 0 bridgehead atoms. The molecule has 1 heterocycles. The molecule has 7 nitrogen and oxygen atoms in total. The smallest absolute Gasteiger partial charge is 0.271 e. The van der Waals surface area contributed by atoms with Gasteiger partial charge in [-0.3, -0.25) is 14.4 Å². The zero-order valence-electron chi connectivity index (χ0n) is 11.0. The van der Waals surface area contributed by atoms with Crippen LogP contribution in [0.3, 0.4) is 0 Å². The van der Waals surface area contributed by atoms with Gasteiger partial charge in [0.1, 0.15) is 5.69 Å². The van der Waals surface area contributed by atoms with Crippen molar-refractivity contribution in [2.45, 2.75) is 20.3 Å². The number of nitrogens with one attached hydrogen (secondary N) is 3. The average molecular weight is 266 g/mol. The lowest BCUT2D eigenvalue weighted by Crippen LogP contribution is -2.33. The maximum atomic E-state index is 11.6. The molecule has 19 heavy (non-hydrogen) atoms. The molecule has 2 amide bonds. The van der Waals surface area contributed by atoms with Gasteiger partial charge in [-0.25, -0.2) is 5.10 Å². The van der Waals surface area contributed by atoms with E-state index < -0.39 is 5.91 Å². The predicted octanol–water partition coefficient (Wildman–Crippen LogP) is -0.338. The minimum Gasteiger partial charge on any atom is -0.356 e. The van der Waals surface area contributed by atoms with E-state index in [2.05, 4.69) is 20.8 Å². The summed E-state index contributed by atoms with van der Waals surface area (Å²) in [7, 11) is 0. The summed E-state index contributed by atoms with van der Waals surface area (Å²) in [5.74, 6) is -0.139. The first-order valence-corrected chi connectivity index (χ1v) is 6.09. The lowest BCUT2D eigenvalue weighted by atomic mass is 10.2. The van der Waals surface area contributed by atoms with Crippen LogP contribution in [0.1, 0.15) is 30.8 Å². The van der Waals surface area contributed by atoms with Crippen LogP contribution in [0.4, 0.5) is 0 Å². The Morgan fingerprint density at radius 3 is 2.63 bits per heavy atom. The first-order chi connectivity index (χ1) is 8.99. The average Bonchev–Trinajstić information content (AvgIpc) is 2.37. The summed E-state index contributed by atoms with van der Waals surface area (Å²) < 4.78 is 0. The van der Waals surface area contributed by atoms with Gasteiger partial charge in [0.15, 0.2) is 0 Å². The monoisotopic (exact) mass is 266 g/mol. The Hall–Kier alpha value is -2.18. The molecule has 104 valence electrons. The van der Waals surface area contributed by atoms with E-state index in [0.29, 0.717) is 12.5 Å². The summed E-state index contributed by atoms with van der Waals surface area (Å²) in [5.41, 5.74) is -0.258. The number of aromatic amines is 1. The second-order valence-electron chi connectivity index (χ2n) is 4.51. The molecule has 0 radical (unpaired) electrons. The van der Waals surface area contributed by atoms with E-state index >= 15 is 0 Å². The van der Waals surface area contributed by atoms with E-state index in [1.54, 1.807) is 0 Å². The Bertz CT molecular complexity index is 475. The van der Waals surface area contributed by atoms with Crippen molar-refractivity contribution in [1.82, 2.24) is 20.8 Å². The van der Waals surface area contributed by atoms with Gasteiger partial charge in [0.2, 0.25) is 5.91 Å². The summed E-state index contributed by atoms with van der Waals surface area (Å²) in [4.78, 5) is 33.7. The number of aromatic nitrogens is 2. The third-order valence-electron chi connectivity index (χ3n) is 2.26. The van der Waals surface area contributed by atoms with Gasteiger partial charge < -0.3 is 10.6 Å². The largest absolute Gasteiger partial charge is 0.356 e. The Kier molecular flexibility index (Phi) is 5.72. The van der Waals surface area contributed by atoms with Crippen LogP contribution < -0.4 is 16.2 Å².